The fourth-order valence-electron chi connectivity index (χ4n) is 3.03. The van der Waals surface area contributed by atoms with Crippen molar-refractivity contribution in [3.63, 3.8) is 0 Å². The van der Waals surface area contributed by atoms with E-state index in [-0.39, 0.29) is 5.91 Å². The van der Waals surface area contributed by atoms with Crippen molar-refractivity contribution < 1.29 is 9.53 Å². The van der Waals surface area contributed by atoms with Gasteiger partial charge in [-0.25, -0.2) is 0 Å². The van der Waals surface area contributed by atoms with Crippen molar-refractivity contribution in [1.29, 1.82) is 0 Å². The number of hydrogen-bond acceptors (Lipinski definition) is 3. The van der Waals surface area contributed by atoms with Crippen LogP contribution in [0.2, 0.25) is 0 Å². The van der Waals surface area contributed by atoms with E-state index in [0.29, 0.717) is 18.0 Å². The average Bonchev–Trinajstić information content (AvgIpc) is 2.77. The Balaban J connectivity index is 1.72. The summed E-state index contributed by atoms with van der Waals surface area (Å²) >= 11 is 0. The number of pyridine rings is 1. The van der Waals surface area contributed by atoms with Crippen molar-refractivity contribution in [1.82, 2.24) is 10.3 Å². The van der Waals surface area contributed by atoms with Gasteiger partial charge in [0.2, 0.25) is 0 Å². The topological polar surface area (TPSA) is 51.2 Å². The van der Waals surface area contributed by atoms with Crippen LogP contribution in [0.15, 0.2) is 42.6 Å². The zero-order chi connectivity index (χ0) is 16.1. The first kappa shape index (κ1) is 15.5. The Morgan fingerprint density at radius 3 is 3.09 bits per heavy atom. The lowest BCUT2D eigenvalue weighted by molar-refractivity contribution is 0.0955. The second kappa shape index (κ2) is 7.27. The highest BCUT2D eigenvalue weighted by atomic mass is 16.5. The Kier molecular flexibility index (Phi) is 4.91. The molecule has 0 unspecified atom stereocenters. The van der Waals surface area contributed by atoms with Crippen molar-refractivity contribution in [3.05, 3.63) is 59.4 Å². The maximum atomic E-state index is 11.9. The lowest BCUT2D eigenvalue weighted by Gasteiger charge is -2.13. The molecule has 3 rings (SSSR count). The third kappa shape index (κ3) is 3.89. The number of nitrogens with zero attached hydrogens (tertiary/aromatic N) is 1. The van der Waals surface area contributed by atoms with Crippen molar-refractivity contribution in [3.8, 4) is 5.75 Å². The van der Waals surface area contributed by atoms with Crippen LogP contribution in [-0.4, -0.2) is 24.0 Å². The molecule has 0 saturated carbocycles. The molecular weight excluding hydrogens is 288 g/mol. The number of carbonyl (C=O) groups is 1. The van der Waals surface area contributed by atoms with Crippen LogP contribution >= 0.6 is 0 Å². The molecule has 1 amide bonds. The van der Waals surface area contributed by atoms with E-state index in [1.54, 1.807) is 12.3 Å². The van der Waals surface area contributed by atoms with E-state index in [2.05, 4.69) is 22.4 Å². The minimum absolute atomic E-state index is 0.0364. The summed E-state index contributed by atoms with van der Waals surface area (Å²) in [6, 6.07) is 11.9. The highest BCUT2D eigenvalue weighted by Gasteiger charge is 2.18. The van der Waals surface area contributed by atoms with Gasteiger partial charge in [-0.2, -0.15) is 0 Å². The third-order valence-corrected chi connectivity index (χ3v) is 4.18. The second-order valence-corrected chi connectivity index (χ2v) is 5.91. The zero-order valence-corrected chi connectivity index (χ0v) is 13.4. The van der Waals surface area contributed by atoms with Gasteiger partial charge in [-0.1, -0.05) is 18.2 Å². The fraction of sp³-hybridized carbons (Fsp3) is 0.368. The summed E-state index contributed by atoms with van der Waals surface area (Å²) in [5.41, 5.74) is 2.91. The van der Waals surface area contributed by atoms with E-state index >= 15 is 0 Å². The average molecular weight is 310 g/mol. The number of aromatic nitrogens is 1. The summed E-state index contributed by atoms with van der Waals surface area (Å²) < 4.78 is 5.83. The molecule has 120 valence electrons. The predicted molar refractivity (Wildman–Crippen MR) is 89.7 cm³/mol. The van der Waals surface area contributed by atoms with Gasteiger partial charge in [0.15, 0.2) is 0 Å². The number of benzene rings is 1. The van der Waals surface area contributed by atoms with E-state index in [9.17, 15) is 4.79 Å². The molecule has 1 aromatic heterocycles. The maximum Gasteiger partial charge on any atom is 0.251 e. The highest BCUT2D eigenvalue weighted by molar-refractivity contribution is 5.94. The summed E-state index contributed by atoms with van der Waals surface area (Å²) in [5, 5.41) is 2.83. The number of para-hydroxylation sites is 1. The molecule has 1 aliphatic rings. The molecule has 1 atom stereocenters. The van der Waals surface area contributed by atoms with Gasteiger partial charge >= 0.3 is 0 Å². The first-order valence-corrected chi connectivity index (χ1v) is 8.20. The quantitative estimate of drug-likeness (QED) is 0.944. The second-order valence-electron chi connectivity index (χ2n) is 5.91. The van der Waals surface area contributed by atoms with Crippen LogP contribution in [0.25, 0.3) is 0 Å². The SMILES string of the molecule is CCNC(=O)c1ccnc(C[C@@H]2CCOc3ccccc3C2)c1. The lowest BCUT2D eigenvalue weighted by atomic mass is 9.92. The van der Waals surface area contributed by atoms with Crippen molar-refractivity contribution in [2.75, 3.05) is 13.2 Å². The molecule has 0 radical (unpaired) electrons. The molecule has 1 N–H and O–H groups in total. The first-order valence-electron chi connectivity index (χ1n) is 8.20. The molecule has 0 fully saturated rings. The molecule has 4 nitrogen and oxygen atoms in total. The van der Waals surface area contributed by atoms with Crippen molar-refractivity contribution in [2.24, 2.45) is 5.92 Å². The monoisotopic (exact) mass is 310 g/mol. The largest absolute Gasteiger partial charge is 0.493 e. The van der Waals surface area contributed by atoms with Crippen LogP contribution in [0.3, 0.4) is 0 Å². The Labute approximate surface area is 136 Å². The lowest BCUT2D eigenvalue weighted by Crippen LogP contribution is -2.23. The molecule has 0 spiro atoms. The van der Waals surface area contributed by atoms with Crippen LogP contribution in [0, 0.1) is 5.92 Å². The highest BCUT2D eigenvalue weighted by Crippen LogP contribution is 2.28. The van der Waals surface area contributed by atoms with Gasteiger partial charge in [-0.3, -0.25) is 9.78 Å². The van der Waals surface area contributed by atoms with Crippen molar-refractivity contribution in [2.45, 2.75) is 26.2 Å². The summed E-state index contributed by atoms with van der Waals surface area (Å²) in [5.74, 6) is 1.44. The first-order chi connectivity index (χ1) is 11.3. The Morgan fingerprint density at radius 1 is 1.35 bits per heavy atom. The number of ether oxygens (including phenoxy) is 1. The maximum absolute atomic E-state index is 11.9. The van der Waals surface area contributed by atoms with Crippen LogP contribution in [0.5, 0.6) is 5.75 Å². The van der Waals surface area contributed by atoms with E-state index in [4.69, 9.17) is 4.74 Å². The van der Waals surface area contributed by atoms with E-state index in [0.717, 1.165) is 37.3 Å². The summed E-state index contributed by atoms with van der Waals surface area (Å²) in [7, 11) is 0. The molecule has 0 saturated heterocycles. The minimum atomic E-state index is -0.0364. The van der Waals surface area contributed by atoms with Gasteiger partial charge in [0.05, 0.1) is 6.61 Å². The van der Waals surface area contributed by atoms with E-state index in [1.807, 2.05) is 25.1 Å². The van der Waals surface area contributed by atoms with Gasteiger partial charge in [0.1, 0.15) is 5.75 Å². The van der Waals surface area contributed by atoms with Gasteiger partial charge in [-0.15, -0.1) is 0 Å². The molecule has 1 aliphatic heterocycles. The van der Waals surface area contributed by atoms with Crippen LogP contribution in [0.4, 0.5) is 0 Å². The molecule has 2 heterocycles. The van der Waals surface area contributed by atoms with Gasteiger partial charge in [0.25, 0.3) is 5.91 Å². The number of fused-ring (bicyclic) bond motifs is 1. The Bertz CT molecular complexity index is 685. The van der Waals surface area contributed by atoms with Crippen molar-refractivity contribution >= 4 is 5.91 Å². The smallest absolute Gasteiger partial charge is 0.251 e. The molecular formula is C19H22N2O2. The van der Waals surface area contributed by atoms with E-state index in [1.165, 1.54) is 5.56 Å². The Morgan fingerprint density at radius 2 is 2.22 bits per heavy atom. The molecule has 0 aliphatic carbocycles. The zero-order valence-electron chi connectivity index (χ0n) is 13.4. The number of hydrogen-bond donors (Lipinski definition) is 1. The number of carbonyl (C=O) groups excluding carboxylic acids is 1. The third-order valence-electron chi connectivity index (χ3n) is 4.18. The fourth-order valence-corrected chi connectivity index (χ4v) is 3.03. The van der Waals surface area contributed by atoms with Gasteiger partial charge < -0.3 is 10.1 Å². The van der Waals surface area contributed by atoms with Gasteiger partial charge in [0, 0.05) is 24.0 Å². The molecule has 23 heavy (non-hydrogen) atoms. The number of rotatable bonds is 4. The van der Waals surface area contributed by atoms with Crippen LogP contribution in [0.1, 0.15) is 35.0 Å². The molecule has 0 bridgehead atoms. The number of nitrogens with one attached hydrogen (secondary N) is 1. The standard InChI is InChI=1S/C19H22N2O2/c1-2-20-19(22)16-7-9-21-17(13-16)12-14-8-10-23-18-6-4-3-5-15(18)11-14/h3-7,9,13-14H,2,8,10-12H2,1H3,(H,20,22)/t14-/m1/s1. The predicted octanol–water partition coefficient (Wildman–Crippen LogP) is 3.02. The minimum Gasteiger partial charge on any atom is -0.493 e. The molecule has 4 heteroatoms. The molecule has 1 aromatic carbocycles. The number of amides is 1. The Hall–Kier alpha value is -2.36. The normalized spacial score (nSPS) is 16.8. The van der Waals surface area contributed by atoms with Gasteiger partial charge in [-0.05, 0) is 55.9 Å². The van der Waals surface area contributed by atoms with Crippen LogP contribution < -0.4 is 10.1 Å². The van der Waals surface area contributed by atoms with E-state index < -0.39 is 0 Å². The summed E-state index contributed by atoms with van der Waals surface area (Å²) in [6.07, 6.45) is 4.58. The summed E-state index contributed by atoms with van der Waals surface area (Å²) in [4.78, 5) is 16.4. The molecule has 2 aromatic rings. The van der Waals surface area contributed by atoms with Crippen LogP contribution in [-0.2, 0) is 12.8 Å². The summed E-state index contributed by atoms with van der Waals surface area (Å²) in [6.45, 7) is 3.29.